The molecule has 0 unspecified atom stereocenters. The fraction of sp³-hybridized carbons (Fsp3) is 0.250. The average Bonchev–Trinajstić information content (AvgIpc) is 2.26. The first kappa shape index (κ1) is 8.27. The highest BCUT2D eigenvalue weighted by Crippen LogP contribution is 2.22. The van der Waals surface area contributed by atoms with E-state index in [2.05, 4.69) is 16.6 Å². The molecule has 2 nitrogen and oxygen atoms in total. The molecule has 0 radical (unpaired) electrons. The highest BCUT2D eigenvalue weighted by atomic mass is 32.2. The molecule has 0 spiro atoms. The van der Waals surface area contributed by atoms with Crippen molar-refractivity contribution >= 4 is 21.8 Å². The number of aliphatic imine (C=N–C) groups is 2. The molecule has 1 aliphatic heterocycles. The summed E-state index contributed by atoms with van der Waals surface area (Å²) in [6, 6.07) is 0. The molecule has 0 saturated carbocycles. The molecule has 0 amide bonds. The first-order valence-corrected chi connectivity index (χ1v) is 4.17. The summed E-state index contributed by atoms with van der Waals surface area (Å²) in [5.41, 5.74) is 0.769. The van der Waals surface area contributed by atoms with Gasteiger partial charge in [0.2, 0.25) is 0 Å². The zero-order valence-corrected chi connectivity index (χ0v) is 7.48. The summed E-state index contributed by atoms with van der Waals surface area (Å²) in [6.45, 7) is 7.65. The standard InChI is InChI=1S/C8H10N2S/c1-4-5-9-8-6(2)10-7(3)11-8/h4-5H,2H2,1,3H3/b5-4-,9-8?. The Morgan fingerprint density at radius 3 is 2.82 bits per heavy atom. The highest BCUT2D eigenvalue weighted by Gasteiger charge is 2.13. The van der Waals surface area contributed by atoms with Crippen molar-refractivity contribution in [3.63, 3.8) is 0 Å². The van der Waals surface area contributed by atoms with Crippen LogP contribution in [0.1, 0.15) is 13.8 Å². The first-order chi connectivity index (χ1) is 5.24. The van der Waals surface area contributed by atoms with E-state index in [0.717, 1.165) is 15.8 Å². The minimum absolute atomic E-state index is 0.769. The highest BCUT2D eigenvalue weighted by molar-refractivity contribution is 8.27. The topological polar surface area (TPSA) is 24.7 Å². The summed E-state index contributed by atoms with van der Waals surface area (Å²) in [5.74, 6) is 0. The summed E-state index contributed by atoms with van der Waals surface area (Å²) in [4.78, 5) is 8.30. The molecule has 0 bridgehead atoms. The molecule has 0 aromatic heterocycles. The lowest BCUT2D eigenvalue weighted by Gasteiger charge is -1.89. The van der Waals surface area contributed by atoms with Crippen molar-refractivity contribution in [1.82, 2.24) is 0 Å². The van der Waals surface area contributed by atoms with Gasteiger partial charge in [0.25, 0.3) is 0 Å². The zero-order chi connectivity index (χ0) is 8.27. The van der Waals surface area contributed by atoms with Crippen LogP contribution in [0, 0.1) is 0 Å². The normalized spacial score (nSPS) is 21.8. The van der Waals surface area contributed by atoms with E-state index >= 15 is 0 Å². The fourth-order valence-electron chi connectivity index (χ4n) is 0.703. The van der Waals surface area contributed by atoms with Crippen LogP contribution in [0.5, 0.6) is 0 Å². The third-order valence-corrected chi connectivity index (χ3v) is 2.05. The second kappa shape index (κ2) is 3.53. The number of allylic oxidation sites excluding steroid dienone is 1. The molecular weight excluding hydrogens is 156 g/mol. The maximum absolute atomic E-state index is 4.16. The summed E-state index contributed by atoms with van der Waals surface area (Å²) in [5, 5.41) is 1.92. The monoisotopic (exact) mass is 166 g/mol. The van der Waals surface area contributed by atoms with E-state index < -0.39 is 0 Å². The van der Waals surface area contributed by atoms with Crippen molar-refractivity contribution in [1.29, 1.82) is 0 Å². The Morgan fingerprint density at radius 1 is 1.64 bits per heavy atom. The third-order valence-electron chi connectivity index (χ3n) is 1.12. The van der Waals surface area contributed by atoms with Gasteiger partial charge in [0, 0.05) is 6.20 Å². The molecule has 0 atom stereocenters. The predicted molar refractivity (Wildman–Crippen MR) is 52.1 cm³/mol. The van der Waals surface area contributed by atoms with Crippen LogP contribution in [0.4, 0.5) is 0 Å². The quantitative estimate of drug-likeness (QED) is 0.587. The van der Waals surface area contributed by atoms with Gasteiger partial charge in [-0.15, -0.1) is 0 Å². The molecule has 0 fully saturated rings. The minimum atomic E-state index is 0.769. The number of thioether (sulfide) groups is 1. The van der Waals surface area contributed by atoms with Crippen LogP contribution < -0.4 is 0 Å². The van der Waals surface area contributed by atoms with Gasteiger partial charge in [0.15, 0.2) is 0 Å². The van der Waals surface area contributed by atoms with Crippen molar-refractivity contribution in [2.45, 2.75) is 13.8 Å². The Hall–Kier alpha value is -0.830. The second-order valence-corrected chi connectivity index (χ2v) is 3.28. The minimum Gasteiger partial charge on any atom is -0.248 e. The maximum atomic E-state index is 4.16. The molecule has 0 aromatic rings. The van der Waals surface area contributed by atoms with E-state index in [1.807, 2.05) is 19.9 Å². The van der Waals surface area contributed by atoms with Crippen LogP contribution in [0.3, 0.4) is 0 Å². The van der Waals surface area contributed by atoms with Gasteiger partial charge in [-0.05, 0) is 13.8 Å². The second-order valence-electron chi connectivity index (χ2n) is 2.10. The lowest BCUT2D eigenvalue weighted by atomic mass is 10.5. The SMILES string of the molecule is C=C1N=C(C)SC1=N/C=C\C. The fourth-order valence-corrected chi connectivity index (χ4v) is 1.42. The number of hydrogen-bond acceptors (Lipinski definition) is 3. The van der Waals surface area contributed by atoms with Crippen molar-refractivity contribution in [3.05, 3.63) is 24.6 Å². The first-order valence-electron chi connectivity index (χ1n) is 3.35. The zero-order valence-electron chi connectivity index (χ0n) is 6.66. The molecule has 11 heavy (non-hydrogen) atoms. The molecule has 1 rings (SSSR count). The third kappa shape index (κ3) is 2.05. The molecule has 58 valence electrons. The summed E-state index contributed by atoms with van der Waals surface area (Å²) < 4.78 is 0. The molecular formula is C8H10N2S. The summed E-state index contributed by atoms with van der Waals surface area (Å²) in [6.07, 6.45) is 3.64. The van der Waals surface area contributed by atoms with Gasteiger partial charge in [-0.1, -0.05) is 24.4 Å². The van der Waals surface area contributed by atoms with E-state index in [0.29, 0.717) is 0 Å². The van der Waals surface area contributed by atoms with E-state index in [1.54, 1.807) is 18.0 Å². The van der Waals surface area contributed by atoms with Crippen LogP contribution in [0.15, 0.2) is 34.5 Å². The van der Waals surface area contributed by atoms with E-state index in [1.165, 1.54) is 0 Å². The largest absolute Gasteiger partial charge is 0.248 e. The van der Waals surface area contributed by atoms with E-state index in [9.17, 15) is 0 Å². The molecule has 0 aromatic carbocycles. The van der Waals surface area contributed by atoms with Gasteiger partial charge >= 0.3 is 0 Å². The van der Waals surface area contributed by atoms with Crippen LogP contribution >= 0.6 is 11.8 Å². The van der Waals surface area contributed by atoms with Crippen LogP contribution in [-0.2, 0) is 0 Å². The summed E-state index contributed by atoms with van der Waals surface area (Å²) in [7, 11) is 0. The van der Waals surface area contributed by atoms with Crippen molar-refractivity contribution in [2.24, 2.45) is 9.98 Å². The predicted octanol–water partition coefficient (Wildman–Crippen LogP) is 2.60. The van der Waals surface area contributed by atoms with E-state index in [4.69, 9.17) is 0 Å². The van der Waals surface area contributed by atoms with Crippen molar-refractivity contribution in [3.8, 4) is 0 Å². The molecule has 0 N–H and O–H groups in total. The Bertz CT molecular complexity index is 261. The van der Waals surface area contributed by atoms with Crippen LogP contribution in [0.2, 0.25) is 0 Å². The Kier molecular flexibility index (Phi) is 2.65. The lowest BCUT2D eigenvalue weighted by Crippen LogP contribution is -1.86. The average molecular weight is 166 g/mol. The maximum Gasteiger partial charge on any atom is 0.127 e. The number of hydrogen-bond donors (Lipinski definition) is 0. The summed E-state index contributed by atoms with van der Waals surface area (Å²) >= 11 is 1.56. The lowest BCUT2D eigenvalue weighted by molar-refractivity contribution is 1.47. The Balaban J connectivity index is 2.74. The Morgan fingerprint density at radius 2 is 2.36 bits per heavy atom. The van der Waals surface area contributed by atoms with Gasteiger partial charge < -0.3 is 0 Å². The van der Waals surface area contributed by atoms with Gasteiger partial charge in [-0.3, -0.25) is 0 Å². The molecule has 1 heterocycles. The van der Waals surface area contributed by atoms with Gasteiger partial charge in [0.05, 0.1) is 10.7 Å². The van der Waals surface area contributed by atoms with Gasteiger partial charge in [0.1, 0.15) is 5.04 Å². The molecule has 0 aliphatic carbocycles. The number of rotatable bonds is 1. The molecule has 3 heteroatoms. The molecule has 0 saturated heterocycles. The molecule has 1 aliphatic rings. The van der Waals surface area contributed by atoms with Crippen molar-refractivity contribution in [2.75, 3.05) is 0 Å². The van der Waals surface area contributed by atoms with E-state index in [-0.39, 0.29) is 0 Å². The number of nitrogens with zero attached hydrogens (tertiary/aromatic N) is 2. The van der Waals surface area contributed by atoms with Gasteiger partial charge in [-0.2, -0.15) is 0 Å². The Labute approximate surface area is 70.8 Å². The van der Waals surface area contributed by atoms with Crippen LogP contribution in [0.25, 0.3) is 0 Å². The van der Waals surface area contributed by atoms with Gasteiger partial charge in [-0.25, -0.2) is 9.98 Å². The smallest absolute Gasteiger partial charge is 0.127 e. The van der Waals surface area contributed by atoms with Crippen molar-refractivity contribution < 1.29 is 0 Å². The van der Waals surface area contributed by atoms with Crippen LogP contribution in [-0.4, -0.2) is 10.1 Å².